The monoisotopic (exact) mass is 279 g/mol. The first-order chi connectivity index (χ1) is 7.74. The van der Waals surface area contributed by atoms with E-state index in [4.69, 9.17) is 0 Å². The summed E-state index contributed by atoms with van der Waals surface area (Å²) in [6, 6.07) is 5.34. The fraction of sp³-hybridized carbons (Fsp3) is 0.167. The summed E-state index contributed by atoms with van der Waals surface area (Å²) in [5.74, 6) is -0.589. The van der Waals surface area contributed by atoms with Gasteiger partial charge >= 0.3 is 0 Å². The molecule has 0 saturated heterocycles. The van der Waals surface area contributed by atoms with Gasteiger partial charge in [0.15, 0.2) is 0 Å². The van der Waals surface area contributed by atoms with Crippen LogP contribution in [0.15, 0.2) is 30.4 Å². The van der Waals surface area contributed by atoms with Crippen LogP contribution < -0.4 is 5.32 Å². The van der Waals surface area contributed by atoms with E-state index in [1.165, 1.54) is 0 Å². The molecular weight excluding hydrogens is 270 g/mol. The number of carbonyl (C=O) groups excluding carboxylic acids is 2. The van der Waals surface area contributed by atoms with Gasteiger partial charge in [-0.1, -0.05) is 40.2 Å². The number of carbonyl (C=O) groups is 2. The van der Waals surface area contributed by atoms with Crippen LogP contribution in [0.1, 0.15) is 26.3 Å². The zero-order valence-corrected chi connectivity index (χ0v) is 10.1. The molecule has 0 saturated carbocycles. The Balaban J connectivity index is 2.37. The van der Waals surface area contributed by atoms with E-state index in [1.807, 2.05) is 18.2 Å². The van der Waals surface area contributed by atoms with Gasteiger partial charge in [-0.05, 0) is 18.1 Å². The Morgan fingerprint density at radius 1 is 1.19 bits per heavy atom. The molecule has 82 valence electrons. The van der Waals surface area contributed by atoms with Crippen molar-refractivity contribution in [2.45, 2.75) is 6.42 Å². The molecule has 1 aliphatic heterocycles. The molecule has 0 bridgehead atoms. The zero-order chi connectivity index (χ0) is 11.5. The SMILES string of the molecule is O=C1NC(=O)c2c(CC=CCBr)cccc21. The number of fused-ring (bicyclic) bond motifs is 1. The van der Waals surface area contributed by atoms with E-state index in [2.05, 4.69) is 21.2 Å². The molecule has 1 aromatic carbocycles. The summed E-state index contributed by atoms with van der Waals surface area (Å²) in [7, 11) is 0. The smallest absolute Gasteiger partial charge is 0.259 e. The predicted octanol–water partition coefficient (Wildman–Crippen LogP) is 2.06. The van der Waals surface area contributed by atoms with Gasteiger partial charge in [-0.3, -0.25) is 14.9 Å². The number of benzene rings is 1. The molecule has 2 amide bonds. The van der Waals surface area contributed by atoms with Gasteiger partial charge in [-0.25, -0.2) is 0 Å². The lowest BCUT2D eigenvalue weighted by Gasteiger charge is -2.01. The Hall–Kier alpha value is -1.42. The van der Waals surface area contributed by atoms with Crippen LogP contribution in [-0.4, -0.2) is 17.1 Å². The number of allylic oxidation sites excluding steroid dienone is 2. The lowest BCUT2D eigenvalue weighted by molar-refractivity contribution is 0.0879. The predicted molar refractivity (Wildman–Crippen MR) is 64.9 cm³/mol. The summed E-state index contributed by atoms with van der Waals surface area (Å²) in [5.41, 5.74) is 1.89. The Labute approximate surface area is 102 Å². The normalized spacial score (nSPS) is 14.3. The van der Waals surface area contributed by atoms with Crippen LogP contribution in [0, 0.1) is 0 Å². The van der Waals surface area contributed by atoms with Crippen molar-refractivity contribution >= 4 is 27.7 Å². The third-order valence-electron chi connectivity index (χ3n) is 2.44. The summed E-state index contributed by atoms with van der Waals surface area (Å²) < 4.78 is 0. The molecule has 2 rings (SSSR count). The highest BCUT2D eigenvalue weighted by molar-refractivity contribution is 9.09. The van der Waals surface area contributed by atoms with Gasteiger partial charge in [0.05, 0.1) is 11.1 Å². The number of hydrogen-bond acceptors (Lipinski definition) is 2. The summed E-state index contributed by atoms with van der Waals surface area (Å²) >= 11 is 3.29. The second-order valence-electron chi connectivity index (χ2n) is 3.45. The Bertz CT molecular complexity index is 480. The minimum absolute atomic E-state index is 0.289. The summed E-state index contributed by atoms with van der Waals surface area (Å²) in [6.45, 7) is 0. The van der Waals surface area contributed by atoms with Crippen LogP contribution in [0.4, 0.5) is 0 Å². The van der Waals surface area contributed by atoms with Gasteiger partial charge in [0.1, 0.15) is 0 Å². The maximum absolute atomic E-state index is 11.6. The minimum atomic E-state index is -0.300. The molecule has 0 spiro atoms. The van der Waals surface area contributed by atoms with E-state index < -0.39 is 0 Å². The molecule has 4 heteroatoms. The molecule has 1 aliphatic rings. The Morgan fingerprint density at radius 2 is 2.00 bits per heavy atom. The average molecular weight is 280 g/mol. The van der Waals surface area contributed by atoms with Crippen molar-refractivity contribution in [3.05, 3.63) is 47.0 Å². The van der Waals surface area contributed by atoms with E-state index in [9.17, 15) is 9.59 Å². The fourth-order valence-corrected chi connectivity index (χ4v) is 2.00. The van der Waals surface area contributed by atoms with Crippen LogP contribution in [0.5, 0.6) is 0 Å². The summed E-state index contributed by atoms with van der Waals surface area (Å²) in [5, 5.41) is 3.09. The number of amides is 2. The van der Waals surface area contributed by atoms with Crippen LogP contribution >= 0.6 is 15.9 Å². The van der Waals surface area contributed by atoms with E-state index in [0.717, 1.165) is 10.9 Å². The highest BCUT2D eigenvalue weighted by Crippen LogP contribution is 2.20. The highest BCUT2D eigenvalue weighted by atomic mass is 79.9. The largest absolute Gasteiger partial charge is 0.288 e. The van der Waals surface area contributed by atoms with E-state index in [-0.39, 0.29) is 11.8 Å². The van der Waals surface area contributed by atoms with Gasteiger partial charge in [0.2, 0.25) is 0 Å². The molecular formula is C12H10BrNO2. The highest BCUT2D eigenvalue weighted by Gasteiger charge is 2.28. The lowest BCUT2D eigenvalue weighted by Crippen LogP contribution is -2.20. The summed E-state index contributed by atoms with van der Waals surface area (Å²) in [4.78, 5) is 23.0. The number of hydrogen-bond donors (Lipinski definition) is 1. The molecule has 1 N–H and O–H groups in total. The van der Waals surface area contributed by atoms with Crippen molar-refractivity contribution in [3.63, 3.8) is 0 Å². The van der Waals surface area contributed by atoms with Crippen molar-refractivity contribution in [2.24, 2.45) is 0 Å². The molecule has 0 radical (unpaired) electrons. The first-order valence-corrected chi connectivity index (χ1v) is 6.04. The van der Waals surface area contributed by atoms with Gasteiger partial charge in [-0.15, -0.1) is 0 Å². The van der Waals surface area contributed by atoms with Gasteiger partial charge < -0.3 is 0 Å². The third-order valence-corrected chi connectivity index (χ3v) is 2.82. The standard InChI is InChI=1S/C12H10BrNO2/c13-7-2-1-4-8-5-3-6-9-10(8)12(16)14-11(9)15/h1-3,5-6H,4,7H2,(H,14,15,16). The lowest BCUT2D eigenvalue weighted by atomic mass is 10.0. The number of halogens is 1. The molecule has 1 aromatic rings. The number of nitrogens with one attached hydrogen (secondary N) is 1. The first-order valence-electron chi connectivity index (χ1n) is 4.92. The quantitative estimate of drug-likeness (QED) is 0.523. The molecule has 0 atom stereocenters. The molecule has 16 heavy (non-hydrogen) atoms. The molecule has 0 aliphatic carbocycles. The topological polar surface area (TPSA) is 46.2 Å². The van der Waals surface area contributed by atoms with Crippen molar-refractivity contribution in [3.8, 4) is 0 Å². The second kappa shape index (κ2) is 4.61. The number of rotatable bonds is 3. The molecule has 1 heterocycles. The van der Waals surface area contributed by atoms with Gasteiger partial charge in [-0.2, -0.15) is 0 Å². The molecule has 0 aromatic heterocycles. The Morgan fingerprint density at radius 3 is 2.75 bits per heavy atom. The molecule has 0 unspecified atom stereocenters. The van der Waals surface area contributed by atoms with Crippen LogP contribution in [0.25, 0.3) is 0 Å². The maximum atomic E-state index is 11.6. The number of imide groups is 1. The van der Waals surface area contributed by atoms with Gasteiger partial charge in [0.25, 0.3) is 11.8 Å². The number of alkyl halides is 1. The maximum Gasteiger partial charge on any atom is 0.259 e. The minimum Gasteiger partial charge on any atom is -0.288 e. The summed E-state index contributed by atoms with van der Waals surface area (Å²) in [6.07, 6.45) is 4.60. The van der Waals surface area contributed by atoms with Gasteiger partial charge in [0, 0.05) is 5.33 Å². The second-order valence-corrected chi connectivity index (χ2v) is 4.10. The molecule has 3 nitrogen and oxygen atoms in total. The third kappa shape index (κ3) is 1.93. The van der Waals surface area contributed by atoms with Crippen LogP contribution in [0.2, 0.25) is 0 Å². The molecule has 0 fully saturated rings. The van der Waals surface area contributed by atoms with Crippen molar-refractivity contribution in [2.75, 3.05) is 5.33 Å². The Kier molecular flexibility index (Phi) is 3.19. The van der Waals surface area contributed by atoms with Crippen molar-refractivity contribution in [1.82, 2.24) is 5.32 Å². The first kappa shape index (κ1) is 11.1. The van der Waals surface area contributed by atoms with Crippen LogP contribution in [-0.2, 0) is 6.42 Å². The zero-order valence-electron chi connectivity index (χ0n) is 8.50. The van der Waals surface area contributed by atoms with E-state index in [1.54, 1.807) is 12.1 Å². The van der Waals surface area contributed by atoms with E-state index in [0.29, 0.717) is 17.5 Å². The fourth-order valence-electron chi connectivity index (χ4n) is 1.73. The van der Waals surface area contributed by atoms with Crippen molar-refractivity contribution < 1.29 is 9.59 Å². The van der Waals surface area contributed by atoms with Crippen molar-refractivity contribution in [1.29, 1.82) is 0 Å². The average Bonchev–Trinajstić information content (AvgIpc) is 2.56. The van der Waals surface area contributed by atoms with Crippen LogP contribution in [0.3, 0.4) is 0 Å². The van der Waals surface area contributed by atoms with E-state index >= 15 is 0 Å².